The first kappa shape index (κ1) is 21.2. The van der Waals surface area contributed by atoms with Gasteiger partial charge in [-0.05, 0) is 37.6 Å². The van der Waals surface area contributed by atoms with Crippen molar-refractivity contribution in [3.8, 4) is 17.0 Å². The van der Waals surface area contributed by atoms with Crippen molar-refractivity contribution in [2.75, 3.05) is 18.0 Å². The summed E-state index contributed by atoms with van der Waals surface area (Å²) in [4.78, 5) is 5.81. The highest BCUT2D eigenvalue weighted by atomic mass is 19.4. The number of β-amino-alcohol motifs (C(OH)–C–C–N with tert-alkyl or cyclic N) is 1. The number of aromatic hydroxyl groups is 1. The number of aliphatic hydroxyl groups is 1. The molecule has 3 aromatic rings. The molecule has 1 aliphatic rings. The van der Waals surface area contributed by atoms with E-state index in [0.29, 0.717) is 19.0 Å². The molecule has 2 N–H and O–H groups in total. The molecule has 31 heavy (non-hydrogen) atoms. The molecule has 1 fully saturated rings. The SMILES string of the molecule is CC1(O)CCN(c2nnc(-c3ccc(C(F)(F)F)cc3O)c3cc(C(F)F)cnc23)C1. The van der Waals surface area contributed by atoms with Crippen LogP contribution >= 0.6 is 0 Å². The fraction of sp³-hybridized carbons (Fsp3) is 0.350. The van der Waals surface area contributed by atoms with Gasteiger partial charge >= 0.3 is 6.18 Å². The van der Waals surface area contributed by atoms with Crippen LogP contribution in [0.5, 0.6) is 5.75 Å². The Bertz CT molecular complexity index is 1150. The molecule has 1 atom stereocenters. The maximum atomic E-state index is 13.3. The van der Waals surface area contributed by atoms with Gasteiger partial charge in [0.15, 0.2) is 5.82 Å². The number of hydrogen-bond donors (Lipinski definition) is 2. The molecule has 6 nitrogen and oxygen atoms in total. The molecule has 1 aliphatic heterocycles. The van der Waals surface area contributed by atoms with Crippen molar-refractivity contribution in [1.29, 1.82) is 0 Å². The van der Waals surface area contributed by atoms with E-state index in [9.17, 15) is 32.2 Å². The number of benzene rings is 1. The van der Waals surface area contributed by atoms with E-state index in [1.54, 1.807) is 11.8 Å². The van der Waals surface area contributed by atoms with Gasteiger partial charge in [0.1, 0.15) is 17.0 Å². The number of phenols is 1. The van der Waals surface area contributed by atoms with Crippen LogP contribution in [0.3, 0.4) is 0 Å². The molecular weight excluding hydrogens is 423 g/mol. The average Bonchev–Trinajstić information content (AvgIpc) is 3.05. The second-order valence-electron chi connectivity index (χ2n) is 7.74. The summed E-state index contributed by atoms with van der Waals surface area (Å²) < 4.78 is 65.4. The first-order valence-corrected chi connectivity index (χ1v) is 9.29. The monoisotopic (exact) mass is 440 g/mol. The molecule has 2 aromatic heterocycles. The summed E-state index contributed by atoms with van der Waals surface area (Å²) in [7, 11) is 0. The minimum absolute atomic E-state index is 0.0778. The van der Waals surface area contributed by atoms with E-state index in [1.807, 2.05) is 0 Å². The summed E-state index contributed by atoms with van der Waals surface area (Å²) in [6, 6.07) is 3.44. The van der Waals surface area contributed by atoms with Crippen LogP contribution in [0.1, 0.15) is 30.9 Å². The molecule has 0 aliphatic carbocycles. The third-order valence-electron chi connectivity index (χ3n) is 5.20. The molecule has 0 radical (unpaired) electrons. The number of pyridine rings is 1. The van der Waals surface area contributed by atoms with Crippen LogP contribution in [0.25, 0.3) is 22.2 Å². The van der Waals surface area contributed by atoms with Crippen molar-refractivity contribution in [3.63, 3.8) is 0 Å². The number of aromatic nitrogens is 3. The topological polar surface area (TPSA) is 82.4 Å². The predicted molar refractivity (Wildman–Crippen MR) is 102 cm³/mol. The molecule has 3 heterocycles. The number of alkyl halides is 5. The molecule has 1 unspecified atom stereocenters. The van der Waals surface area contributed by atoms with Gasteiger partial charge in [0.2, 0.25) is 0 Å². The normalized spacial score (nSPS) is 19.5. The zero-order valence-corrected chi connectivity index (χ0v) is 16.2. The Morgan fingerprint density at radius 3 is 2.48 bits per heavy atom. The maximum absolute atomic E-state index is 13.3. The van der Waals surface area contributed by atoms with Crippen molar-refractivity contribution in [1.82, 2.24) is 15.2 Å². The molecule has 0 saturated carbocycles. The van der Waals surface area contributed by atoms with E-state index in [4.69, 9.17) is 0 Å². The molecule has 164 valence electrons. The van der Waals surface area contributed by atoms with Crippen LogP contribution in [0.15, 0.2) is 30.5 Å². The van der Waals surface area contributed by atoms with Crippen LogP contribution in [-0.2, 0) is 6.18 Å². The van der Waals surface area contributed by atoms with Crippen molar-refractivity contribution in [2.45, 2.75) is 31.5 Å². The van der Waals surface area contributed by atoms with Crippen molar-refractivity contribution < 1.29 is 32.2 Å². The molecular formula is C20H17F5N4O2. The fourth-order valence-corrected chi connectivity index (χ4v) is 3.60. The first-order valence-electron chi connectivity index (χ1n) is 9.29. The second kappa shape index (κ2) is 7.26. The number of halogens is 5. The molecule has 1 aromatic carbocycles. The minimum atomic E-state index is -4.66. The Balaban J connectivity index is 1.90. The Morgan fingerprint density at radius 2 is 1.90 bits per heavy atom. The summed E-state index contributed by atoms with van der Waals surface area (Å²) in [5.41, 5.74) is -2.43. The van der Waals surface area contributed by atoms with Gasteiger partial charge in [-0.3, -0.25) is 4.98 Å². The minimum Gasteiger partial charge on any atom is -0.507 e. The summed E-state index contributed by atoms with van der Waals surface area (Å²) in [6.07, 6.45) is -6.06. The summed E-state index contributed by atoms with van der Waals surface area (Å²) in [6.45, 7) is 2.30. The zero-order chi connectivity index (χ0) is 22.6. The van der Waals surface area contributed by atoms with Gasteiger partial charge in [-0.15, -0.1) is 10.2 Å². The number of anilines is 1. The first-order chi connectivity index (χ1) is 14.5. The highest BCUT2D eigenvalue weighted by Crippen LogP contribution is 2.40. The lowest BCUT2D eigenvalue weighted by molar-refractivity contribution is -0.137. The van der Waals surface area contributed by atoms with Gasteiger partial charge in [-0.2, -0.15) is 13.2 Å². The molecule has 0 bridgehead atoms. The molecule has 4 rings (SSSR count). The molecule has 0 amide bonds. The lowest BCUT2D eigenvalue weighted by Crippen LogP contribution is -2.30. The van der Waals surface area contributed by atoms with E-state index in [2.05, 4.69) is 15.2 Å². The van der Waals surface area contributed by atoms with Crippen molar-refractivity contribution >= 4 is 16.7 Å². The van der Waals surface area contributed by atoms with Crippen LogP contribution in [0.2, 0.25) is 0 Å². The van der Waals surface area contributed by atoms with E-state index in [1.165, 1.54) is 0 Å². The highest BCUT2D eigenvalue weighted by molar-refractivity contribution is 5.99. The number of rotatable bonds is 3. The van der Waals surface area contributed by atoms with Crippen LogP contribution in [0.4, 0.5) is 27.8 Å². The number of fused-ring (bicyclic) bond motifs is 1. The molecule has 1 saturated heterocycles. The Hall–Kier alpha value is -3.08. The van der Waals surface area contributed by atoms with E-state index < -0.39 is 35.1 Å². The van der Waals surface area contributed by atoms with Crippen molar-refractivity contribution in [2.24, 2.45) is 0 Å². The lowest BCUT2D eigenvalue weighted by atomic mass is 10.0. The van der Waals surface area contributed by atoms with Crippen LogP contribution < -0.4 is 4.90 Å². The highest BCUT2D eigenvalue weighted by Gasteiger charge is 2.34. The smallest absolute Gasteiger partial charge is 0.416 e. The van der Waals surface area contributed by atoms with E-state index in [-0.39, 0.29) is 34.5 Å². The number of hydrogen-bond acceptors (Lipinski definition) is 6. The largest absolute Gasteiger partial charge is 0.507 e. The third kappa shape index (κ3) is 3.97. The number of nitrogens with zero attached hydrogens (tertiary/aromatic N) is 4. The van der Waals surface area contributed by atoms with Crippen molar-refractivity contribution in [3.05, 3.63) is 41.6 Å². The average molecular weight is 440 g/mol. The quantitative estimate of drug-likeness (QED) is 0.591. The fourth-order valence-electron chi connectivity index (χ4n) is 3.60. The van der Waals surface area contributed by atoms with Gasteiger partial charge in [0.25, 0.3) is 6.43 Å². The Kier molecular flexibility index (Phi) is 4.95. The van der Waals surface area contributed by atoms with E-state index >= 15 is 0 Å². The van der Waals surface area contributed by atoms with Gasteiger partial charge in [-0.25, -0.2) is 8.78 Å². The predicted octanol–water partition coefficient (Wildman–Crippen LogP) is 4.31. The number of phenolic OH excluding ortho intramolecular Hbond substituents is 1. The third-order valence-corrected chi connectivity index (χ3v) is 5.20. The maximum Gasteiger partial charge on any atom is 0.416 e. The van der Waals surface area contributed by atoms with Gasteiger partial charge in [0, 0.05) is 35.8 Å². The lowest BCUT2D eigenvalue weighted by Gasteiger charge is -2.21. The van der Waals surface area contributed by atoms with Gasteiger partial charge in [-0.1, -0.05) is 0 Å². The Labute approximate surface area is 173 Å². The zero-order valence-electron chi connectivity index (χ0n) is 16.2. The summed E-state index contributed by atoms with van der Waals surface area (Å²) >= 11 is 0. The summed E-state index contributed by atoms with van der Waals surface area (Å²) in [5, 5.41) is 28.7. The molecule has 11 heteroatoms. The van der Waals surface area contributed by atoms with Gasteiger partial charge in [0.05, 0.1) is 11.2 Å². The van der Waals surface area contributed by atoms with Gasteiger partial charge < -0.3 is 15.1 Å². The molecule has 0 spiro atoms. The standard InChI is InChI=1S/C20H17F5N4O2/c1-19(31)4-5-29(9-19)18-16-13(6-10(8-26-16)17(21)22)15(27-28-18)12-3-2-11(7-14(12)30)20(23,24)25/h2-3,6-8,17,30-31H,4-5,9H2,1H3. The van der Waals surface area contributed by atoms with Crippen LogP contribution in [0, 0.1) is 0 Å². The second-order valence-corrected chi connectivity index (χ2v) is 7.74. The Morgan fingerprint density at radius 1 is 1.16 bits per heavy atom. The van der Waals surface area contributed by atoms with Crippen LogP contribution in [-0.4, -0.2) is 44.1 Å². The summed E-state index contributed by atoms with van der Waals surface area (Å²) in [5.74, 6) is -0.464. The van der Waals surface area contributed by atoms with E-state index in [0.717, 1.165) is 24.4 Å².